The molecule has 0 radical (unpaired) electrons. The van der Waals surface area contributed by atoms with Gasteiger partial charge in [0.2, 0.25) is 11.8 Å². The van der Waals surface area contributed by atoms with Gasteiger partial charge in [-0.15, -0.1) is 0 Å². The number of carbonyl (C=O) groups excluding carboxylic acids is 3. The van der Waals surface area contributed by atoms with Crippen LogP contribution in [0.2, 0.25) is 0 Å². The van der Waals surface area contributed by atoms with E-state index in [2.05, 4.69) is 27.7 Å². The second-order valence-electron chi connectivity index (χ2n) is 9.82. The van der Waals surface area contributed by atoms with Gasteiger partial charge in [0.15, 0.2) is 0 Å². The van der Waals surface area contributed by atoms with Crippen molar-refractivity contribution in [1.29, 1.82) is 0 Å². The lowest BCUT2D eigenvalue weighted by Gasteiger charge is -2.34. The predicted molar refractivity (Wildman–Crippen MR) is 107 cm³/mol. The fourth-order valence-corrected chi connectivity index (χ4v) is 5.43. The molecule has 0 spiro atoms. The van der Waals surface area contributed by atoms with Crippen LogP contribution in [-0.2, 0) is 14.4 Å². The molecule has 156 valence electrons. The number of benzene rings is 1. The van der Waals surface area contributed by atoms with Crippen molar-refractivity contribution in [2.75, 3.05) is 4.90 Å². The number of amides is 3. The standard InChI is InChI=1S/C23H29FN2O3/c1-22(2)19(23(22,3)4)21(29)25(15-7-5-6-8-15)17-13-18(27)26(20(17)28)16-11-9-14(24)10-12-16/h9-12,15,17,19H,5-8,13H2,1-4H3. The lowest BCUT2D eigenvalue weighted by molar-refractivity contribution is -0.143. The molecule has 1 heterocycles. The molecular weight excluding hydrogens is 371 g/mol. The Morgan fingerprint density at radius 2 is 1.59 bits per heavy atom. The number of anilines is 1. The van der Waals surface area contributed by atoms with Crippen molar-refractivity contribution in [2.24, 2.45) is 16.7 Å². The first-order valence-corrected chi connectivity index (χ1v) is 10.5. The van der Waals surface area contributed by atoms with E-state index in [1.54, 1.807) is 4.90 Å². The molecule has 3 fully saturated rings. The van der Waals surface area contributed by atoms with Crippen LogP contribution >= 0.6 is 0 Å². The third kappa shape index (κ3) is 2.99. The Hall–Kier alpha value is -2.24. The molecule has 3 amide bonds. The highest BCUT2D eigenvalue weighted by Crippen LogP contribution is 2.69. The van der Waals surface area contributed by atoms with Gasteiger partial charge in [-0.1, -0.05) is 40.5 Å². The molecule has 3 aliphatic rings. The van der Waals surface area contributed by atoms with Crippen LogP contribution in [0.4, 0.5) is 10.1 Å². The van der Waals surface area contributed by atoms with E-state index in [-0.39, 0.29) is 46.9 Å². The first-order valence-electron chi connectivity index (χ1n) is 10.5. The third-order valence-corrected chi connectivity index (χ3v) is 7.78. The van der Waals surface area contributed by atoms with Gasteiger partial charge in [-0.25, -0.2) is 9.29 Å². The molecule has 1 aliphatic heterocycles. The second kappa shape index (κ2) is 6.64. The molecule has 1 unspecified atom stereocenters. The van der Waals surface area contributed by atoms with Crippen molar-refractivity contribution in [2.45, 2.75) is 71.9 Å². The number of halogens is 1. The van der Waals surface area contributed by atoms with Crippen LogP contribution < -0.4 is 4.90 Å². The van der Waals surface area contributed by atoms with E-state index in [4.69, 9.17) is 0 Å². The molecule has 6 heteroatoms. The van der Waals surface area contributed by atoms with Crippen molar-refractivity contribution >= 4 is 23.4 Å². The zero-order valence-corrected chi connectivity index (χ0v) is 17.6. The summed E-state index contributed by atoms with van der Waals surface area (Å²) in [6.07, 6.45) is 3.79. The third-order valence-electron chi connectivity index (χ3n) is 7.78. The van der Waals surface area contributed by atoms with E-state index in [1.807, 2.05) is 0 Å². The maximum Gasteiger partial charge on any atom is 0.257 e. The number of nitrogens with zero attached hydrogens (tertiary/aromatic N) is 2. The van der Waals surface area contributed by atoms with E-state index in [0.29, 0.717) is 5.69 Å². The Morgan fingerprint density at radius 1 is 1.03 bits per heavy atom. The van der Waals surface area contributed by atoms with Crippen molar-refractivity contribution in [3.05, 3.63) is 30.1 Å². The summed E-state index contributed by atoms with van der Waals surface area (Å²) in [5.74, 6) is -1.29. The zero-order chi connectivity index (χ0) is 21.1. The maximum absolute atomic E-state index is 13.6. The highest BCUT2D eigenvalue weighted by atomic mass is 19.1. The minimum absolute atomic E-state index is 0.000920. The summed E-state index contributed by atoms with van der Waals surface area (Å²) in [5, 5.41) is 0. The number of hydrogen-bond donors (Lipinski definition) is 0. The summed E-state index contributed by atoms with van der Waals surface area (Å²) in [7, 11) is 0. The molecule has 2 aliphatic carbocycles. The van der Waals surface area contributed by atoms with Gasteiger partial charge in [-0.05, 0) is 47.9 Å². The van der Waals surface area contributed by atoms with Crippen molar-refractivity contribution in [1.82, 2.24) is 4.90 Å². The van der Waals surface area contributed by atoms with Crippen LogP contribution in [0.5, 0.6) is 0 Å². The van der Waals surface area contributed by atoms with Gasteiger partial charge >= 0.3 is 0 Å². The number of hydrogen-bond acceptors (Lipinski definition) is 3. The minimum Gasteiger partial charge on any atom is -0.327 e. The summed E-state index contributed by atoms with van der Waals surface area (Å²) < 4.78 is 13.3. The molecule has 1 aromatic carbocycles. The monoisotopic (exact) mass is 400 g/mol. The topological polar surface area (TPSA) is 57.7 Å². The quantitative estimate of drug-likeness (QED) is 0.720. The zero-order valence-electron chi connectivity index (χ0n) is 17.6. The Morgan fingerprint density at radius 3 is 2.10 bits per heavy atom. The first-order chi connectivity index (χ1) is 13.6. The molecule has 5 nitrogen and oxygen atoms in total. The molecule has 29 heavy (non-hydrogen) atoms. The number of imide groups is 1. The van der Waals surface area contributed by atoms with Gasteiger partial charge in [0, 0.05) is 12.0 Å². The number of rotatable bonds is 4. The van der Waals surface area contributed by atoms with E-state index >= 15 is 0 Å². The molecule has 0 bridgehead atoms. The lowest BCUT2D eigenvalue weighted by Crippen LogP contribution is -2.51. The van der Waals surface area contributed by atoms with Gasteiger partial charge in [-0.2, -0.15) is 0 Å². The van der Waals surface area contributed by atoms with Gasteiger partial charge in [0.05, 0.1) is 12.1 Å². The highest BCUT2D eigenvalue weighted by molar-refractivity contribution is 6.23. The summed E-state index contributed by atoms with van der Waals surface area (Å²) in [6, 6.07) is 4.57. The van der Waals surface area contributed by atoms with Crippen LogP contribution in [0, 0.1) is 22.6 Å². The Bertz CT molecular complexity index is 841. The van der Waals surface area contributed by atoms with Crippen LogP contribution in [-0.4, -0.2) is 34.7 Å². The molecular formula is C23H29FN2O3. The average Bonchev–Trinajstić information content (AvgIpc) is 3.06. The van der Waals surface area contributed by atoms with Gasteiger partial charge in [-0.3, -0.25) is 14.4 Å². The van der Waals surface area contributed by atoms with Crippen molar-refractivity contribution in [3.8, 4) is 0 Å². The Labute approximate surface area is 171 Å². The second-order valence-corrected chi connectivity index (χ2v) is 9.82. The summed E-state index contributed by atoms with van der Waals surface area (Å²) >= 11 is 0. The SMILES string of the molecule is CC1(C)C(C(=O)N(C2CCCC2)C2CC(=O)N(c3ccc(F)cc3)C2=O)C1(C)C. The predicted octanol–water partition coefficient (Wildman–Crippen LogP) is 3.91. The summed E-state index contributed by atoms with van der Waals surface area (Å²) in [6.45, 7) is 8.37. The first kappa shape index (κ1) is 20.0. The van der Waals surface area contributed by atoms with Gasteiger partial charge < -0.3 is 4.90 Å². The van der Waals surface area contributed by atoms with Crippen LogP contribution in [0.1, 0.15) is 59.8 Å². The minimum atomic E-state index is -0.768. The Kier molecular flexibility index (Phi) is 4.59. The number of carbonyl (C=O) groups is 3. The Balaban J connectivity index is 1.65. The van der Waals surface area contributed by atoms with E-state index in [9.17, 15) is 18.8 Å². The molecule has 4 rings (SSSR count). The fourth-order valence-electron chi connectivity index (χ4n) is 5.43. The largest absolute Gasteiger partial charge is 0.327 e. The van der Waals surface area contributed by atoms with Crippen molar-refractivity contribution < 1.29 is 18.8 Å². The van der Waals surface area contributed by atoms with Gasteiger partial charge in [0.1, 0.15) is 11.9 Å². The molecule has 1 aromatic rings. The lowest BCUT2D eigenvalue weighted by atomic mass is 10.0. The average molecular weight is 400 g/mol. The summed E-state index contributed by atoms with van der Waals surface area (Å²) in [5.41, 5.74) is 0.0850. The van der Waals surface area contributed by atoms with Crippen LogP contribution in [0.25, 0.3) is 0 Å². The van der Waals surface area contributed by atoms with Crippen LogP contribution in [0.15, 0.2) is 24.3 Å². The summed E-state index contributed by atoms with van der Waals surface area (Å²) in [4.78, 5) is 42.5. The molecule has 1 atom stereocenters. The molecule has 0 N–H and O–H groups in total. The maximum atomic E-state index is 13.6. The van der Waals surface area contributed by atoms with Crippen LogP contribution in [0.3, 0.4) is 0 Å². The fraction of sp³-hybridized carbons (Fsp3) is 0.609. The van der Waals surface area contributed by atoms with E-state index in [1.165, 1.54) is 24.3 Å². The highest BCUT2D eigenvalue weighted by Gasteiger charge is 2.69. The smallest absolute Gasteiger partial charge is 0.257 e. The molecule has 0 aromatic heterocycles. The normalized spacial score (nSPS) is 26.2. The van der Waals surface area contributed by atoms with Crippen molar-refractivity contribution in [3.63, 3.8) is 0 Å². The van der Waals surface area contributed by atoms with E-state index < -0.39 is 11.9 Å². The molecule has 2 saturated carbocycles. The molecule has 1 saturated heterocycles. The van der Waals surface area contributed by atoms with E-state index in [0.717, 1.165) is 30.6 Å². The van der Waals surface area contributed by atoms with Gasteiger partial charge in [0.25, 0.3) is 5.91 Å².